The topological polar surface area (TPSA) is 22.0 Å². The van der Waals surface area contributed by atoms with Gasteiger partial charge in [0.1, 0.15) is 5.78 Å². The number of Topliss-reactive ketones (excluding diaryl/α,β-unsaturated/α-hetero) is 1. The summed E-state index contributed by atoms with van der Waals surface area (Å²) in [5, 5.41) is 0. The molecule has 78 valence electrons. The van der Waals surface area contributed by atoms with Gasteiger partial charge in [0.25, 0.3) is 0 Å². The van der Waals surface area contributed by atoms with E-state index in [-0.39, 0.29) is 11.3 Å². The van der Waals surface area contributed by atoms with Gasteiger partial charge >= 0.3 is 0 Å². The van der Waals surface area contributed by atoms with E-state index in [9.17, 15) is 4.79 Å². The maximum atomic E-state index is 12.0. The van der Waals surface area contributed by atoms with Gasteiger partial charge in [0, 0.05) is 30.8 Å². The van der Waals surface area contributed by atoms with E-state index in [4.69, 9.17) is 0 Å². The van der Waals surface area contributed by atoms with Gasteiger partial charge in [0.15, 0.2) is 0 Å². The quantitative estimate of drug-likeness (QED) is 0.723. The fourth-order valence-corrected chi connectivity index (χ4v) is 1.74. The van der Waals surface area contributed by atoms with Gasteiger partial charge in [-0.15, -0.1) is 0 Å². The molecule has 0 fully saturated rings. The van der Waals surface area contributed by atoms with E-state index in [1.54, 1.807) is 0 Å². The highest BCUT2D eigenvalue weighted by Crippen LogP contribution is 2.27. The second-order valence-electron chi connectivity index (χ2n) is 4.71. The zero-order chi connectivity index (χ0) is 10.9. The van der Waals surface area contributed by atoms with Crippen LogP contribution in [0.2, 0.25) is 0 Å². The zero-order valence-electron chi connectivity index (χ0n) is 9.66. The molecular weight excluding hydrogens is 174 g/mol. The van der Waals surface area contributed by atoms with Crippen molar-refractivity contribution >= 4 is 5.78 Å². The SMILES string of the molecule is CC(C)C(=O)C(C)(C)c1ccn(C)c1. The summed E-state index contributed by atoms with van der Waals surface area (Å²) in [7, 11) is 1.97. The molecule has 0 atom stereocenters. The highest BCUT2D eigenvalue weighted by Gasteiger charge is 2.31. The monoisotopic (exact) mass is 193 g/mol. The lowest BCUT2D eigenvalue weighted by Crippen LogP contribution is -2.32. The van der Waals surface area contributed by atoms with Crippen molar-refractivity contribution in [1.29, 1.82) is 0 Å². The summed E-state index contributed by atoms with van der Waals surface area (Å²) < 4.78 is 1.98. The molecule has 0 N–H and O–H groups in total. The Bertz CT molecular complexity index is 334. The largest absolute Gasteiger partial charge is 0.357 e. The first-order valence-electron chi connectivity index (χ1n) is 5.02. The molecule has 1 heterocycles. The molecular formula is C12H19NO. The Kier molecular flexibility index (Phi) is 2.84. The van der Waals surface area contributed by atoms with Crippen LogP contribution in [-0.2, 0) is 17.3 Å². The standard InChI is InChI=1S/C12H19NO/c1-9(2)11(14)12(3,4)10-6-7-13(5)8-10/h6-9H,1-5H3. The molecule has 0 spiro atoms. The van der Waals surface area contributed by atoms with E-state index >= 15 is 0 Å². The minimum atomic E-state index is -0.366. The Morgan fingerprint density at radius 2 is 2.00 bits per heavy atom. The number of aromatic nitrogens is 1. The number of rotatable bonds is 3. The summed E-state index contributed by atoms with van der Waals surface area (Å²) in [5.74, 6) is 0.383. The van der Waals surface area contributed by atoms with Crippen LogP contribution in [0.25, 0.3) is 0 Å². The summed E-state index contributed by atoms with van der Waals surface area (Å²) >= 11 is 0. The van der Waals surface area contributed by atoms with E-state index in [1.165, 1.54) is 0 Å². The second-order valence-corrected chi connectivity index (χ2v) is 4.71. The van der Waals surface area contributed by atoms with E-state index in [0.29, 0.717) is 5.78 Å². The average Bonchev–Trinajstić information content (AvgIpc) is 2.50. The highest BCUT2D eigenvalue weighted by molar-refractivity contribution is 5.90. The lowest BCUT2D eigenvalue weighted by molar-refractivity contribution is -0.126. The van der Waals surface area contributed by atoms with Gasteiger partial charge < -0.3 is 4.57 Å². The van der Waals surface area contributed by atoms with Crippen LogP contribution < -0.4 is 0 Å². The van der Waals surface area contributed by atoms with Crippen LogP contribution in [-0.4, -0.2) is 10.4 Å². The van der Waals surface area contributed by atoms with Crippen LogP contribution >= 0.6 is 0 Å². The van der Waals surface area contributed by atoms with E-state index < -0.39 is 0 Å². The number of ketones is 1. The Hall–Kier alpha value is -1.05. The average molecular weight is 193 g/mol. The lowest BCUT2D eigenvalue weighted by atomic mass is 9.78. The van der Waals surface area contributed by atoms with Crippen molar-refractivity contribution < 1.29 is 4.79 Å². The Morgan fingerprint density at radius 1 is 1.43 bits per heavy atom. The van der Waals surface area contributed by atoms with Gasteiger partial charge in [0.05, 0.1) is 0 Å². The van der Waals surface area contributed by atoms with Crippen molar-refractivity contribution in [3.8, 4) is 0 Å². The third-order valence-electron chi connectivity index (χ3n) is 2.69. The zero-order valence-corrected chi connectivity index (χ0v) is 9.66. The van der Waals surface area contributed by atoms with Crippen LogP contribution in [0.5, 0.6) is 0 Å². The predicted octanol–water partition coefficient (Wildman–Crippen LogP) is 2.53. The molecule has 0 unspecified atom stereocenters. The first-order chi connectivity index (χ1) is 6.35. The van der Waals surface area contributed by atoms with Crippen molar-refractivity contribution in [1.82, 2.24) is 4.57 Å². The molecule has 2 heteroatoms. The molecule has 0 aliphatic heterocycles. The van der Waals surface area contributed by atoms with Crippen molar-refractivity contribution in [3.63, 3.8) is 0 Å². The molecule has 0 aliphatic carbocycles. The maximum absolute atomic E-state index is 12.0. The summed E-state index contributed by atoms with van der Waals surface area (Å²) in [6, 6.07) is 2.01. The van der Waals surface area contributed by atoms with Crippen LogP contribution in [0.1, 0.15) is 33.3 Å². The predicted molar refractivity (Wildman–Crippen MR) is 58.3 cm³/mol. The van der Waals surface area contributed by atoms with Gasteiger partial charge in [-0.3, -0.25) is 4.79 Å². The van der Waals surface area contributed by atoms with E-state index in [0.717, 1.165) is 5.56 Å². The third kappa shape index (κ3) is 1.89. The third-order valence-corrected chi connectivity index (χ3v) is 2.69. The van der Waals surface area contributed by atoms with Crippen molar-refractivity contribution in [2.75, 3.05) is 0 Å². The second kappa shape index (κ2) is 3.60. The number of nitrogens with zero attached hydrogens (tertiary/aromatic N) is 1. The van der Waals surface area contributed by atoms with Crippen LogP contribution in [0.4, 0.5) is 0 Å². The highest BCUT2D eigenvalue weighted by atomic mass is 16.1. The Labute approximate surface area is 85.9 Å². The molecule has 0 amide bonds. The summed E-state index contributed by atoms with van der Waals surface area (Å²) in [6.07, 6.45) is 3.99. The van der Waals surface area contributed by atoms with E-state index in [2.05, 4.69) is 0 Å². The minimum absolute atomic E-state index is 0.0882. The lowest BCUT2D eigenvalue weighted by Gasteiger charge is -2.24. The summed E-state index contributed by atoms with van der Waals surface area (Å²) in [4.78, 5) is 12.0. The normalized spacial score (nSPS) is 12.1. The molecule has 0 aliphatic rings. The number of carbonyl (C=O) groups excluding carboxylic acids is 1. The molecule has 1 aromatic rings. The van der Waals surface area contributed by atoms with Crippen molar-refractivity contribution in [2.45, 2.75) is 33.1 Å². The van der Waals surface area contributed by atoms with Crippen molar-refractivity contribution in [3.05, 3.63) is 24.0 Å². The van der Waals surface area contributed by atoms with Crippen LogP contribution in [0, 0.1) is 5.92 Å². The van der Waals surface area contributed by atoms with E-state index in [1.807, 2.05) is 57.8 Å². The molecule has 0 radical (unpaired) electrons. The van der Waals surface area contributed by atoms with Crippen molar-refractivity contribution in [2.24, 2.45) is 13.0 Å². The molecule has 0 bridgehead atoms. The number of aryl methyl sites for hydroxylation is 1. The molecule has 0 saturated heterocycles. The first-order valence-corrected chi connectivity index (χ1v) is 5.02. The fraction of sp³-hybridized carbons (Fsp3) is 0.583. The van der Waals surface area contributed by atoms with Gasteiger partial charge in [-0.2, -0.15) is 0 Å². The van der Waals surface area contributed by atoms with Gasteiger partial charge in [0.2, 0.25) is 0 Å². The molecule has 1 rings (SSSR count). The van der Waals surface area contributed by atoms with Gasteiger partial charge in [-0.05, 0) is 25.5 Å². The smallest absolute Gasteiger partial charge is 0.145 e. The Morgan fingerprint density at radius 3 is 2.36 bits per heavy atom. The number of carbonyl (C=O) groups is 1. The van der Waals surface area contributed by atoms with Gasteiger partial charge in [-0.25, -0.2) is 0 Å². The molecule has 0 aromatic carbocycles. The molecule has 0 saturated carbocycles. The fourth-order valence-electron chi connectivity index (χ4n) is 1.74. The summed E-state index contributed by atoms with van der Waals surface area (Å²) in [6.45, 7) is 7.88. The maximum Gasteiger partial charge on any atom is 0.145 e. The van der Waals surface area contributed by atoms with Crippen LogP contribution in [0.15, 0.2) is 18.5 Å². The molecule has 1 aromatic heterocycles. The first kappa shape index (κ1) is 11.0. The number of hydrogen-bond donors (Lipinski definition) is 0. The summed E-state index contributed by atoms with van der Waals surface area (Å²) in [5.41, 5.74) is 0.730. The molecule has 2 nitrogen and oxygen atoms in total. The molecule has 14 heavy (non-hydrogen) atoms. The number of hydrogen-bond acceptors (Lipinski definition) is 1. The Balaban J connectivity index is 3.01. The van der Waals surface area contributed by atoms with Gasteiger partial charge in [-0.1, -0.05) is 13.8 Å². The van der Waals surface area contributed by atoms with Crippen LogP contribution in [0.3, 0.4) is 0 Å². The minimum Gasteiger partial charge on any atom is -0.357 e.